The third-order valence-corrected chi connectivity index (χ3v) is 4.53. The number of thiophene rings is 1. The second-order valence-corrected chi connectivity index (χ2v) is 5.99. The van der Waals surface area contributed by atoms with Crippen LogP contribution in [0, 0.1) is 6.92 Å². The molecule has 0 spiro atoms. The van der Waals surface area contributed by atoms with Gasteiger partial charge >= 0.3 is 0 Å². The normalized spacial score (nSPS) is 14.6. The summed E-state index contributed by atoms with van der Waals surface area (Å²) in [6.07, 6.45) is 0. The van der Waals surface area contributed by atoms with E-state index in [1.807, 2.05) is 16.3 Å². The minimum atomic E-state index is 0. The zero-order valence-electron chi connectivity index (χ0n) is 12.0. The minimum absolute atomic E-state index is 0. The molecule has 1 aromatic carbocycles. The second kappa shape index (κ2) is 7.07. The first-order valence-electron chi connectivity index (χ1n) is 6.90. The fourth-order valence-electron chi connectivity index (χ4n) is 2.45. The molecule has 0 unspecified atom stereocenters. The first kappa shape index (κ1) is 16.0. The third-order valence-electron chi connectivity index (χ3n) is 3.63. The molecule has 1 aliphatic rings. The fraction of sp³-hybridized carbons (Fsp3) is 0.312. The second-order valence-electron chi connectivity index (χ2n) is 5.07. The Hall–Kier alpha value is -1.36. The van der Waals surface area contributed by atoms with Crippen molar-refractivity contribution >= 4 is 29.7 Å². The lowest BCUT2D eigenvalue weighted by Crippen LogP contribution is -2.46. The van der Waals surface area contributed by atoms with Gasteiger partial charge in [0.25, 0.3) is 5.91 Å². The van der Waals surface area contributed by atoms with Crippen LogP contribution in [0.25, 0.3) is 11.1 Å². The van der Waals surface area contributed by atoms with Crippen LogP contribution < -0.4 is 5.32 Å². The van der Waals surface area contributed by atoms with Crippen molar-refractivity contribution < 1.29 is 4.79 Å². The Morgan fingerprint density at radius 1 is 1.14 bits per heavy atom. The average molecular weight is 323 g/mol. The number of halogens is 1. The number of amides is 1. The molecular formula is C16H19ClN2OS. The Balaban J connectivity index is 0.00000161. The highest BCUT2D eigenvalue weighted by Crippen LogP contribution is 2.29. The van der Waals surface area contributed by atoms with E-state index < -0.39 is 0 Å². The summed E-state index contributed by atoms with van der Waals surface area (Å²) in [4.78, 5) is 15.4. The summed E-state index contributed by atoms with van der Waals surface area (Å²) in [6, 6.07) is 10.4. The number of aryl methyl sites for hydroxylation is 1. The molecule has 5 heteroatoms. The Labute approximate surface area is 135 Å². The molecule has 1 fully saturated rings. The maximum absolute atomic E-state index is 12.6. The van der Waals surface area contributed by atoms with Crippen molar-refractivity contribution in [3.05, 3.63) is 46.2 Å². The van der Waals surface area contributed by atoms with E-state index >= 15 is 0 Å². The molecule has 112 valence electrons. The molecule has 2 aromatic rings. The highest BCUT2D eigenvalue weighted by Gasteiger charge is 2.22. The van der Waals surface area contributed by atoms with Crippen LogP contribution in [0.15, 0.2) is 35.7 Å². The van der Waals surface area contributed by atoms with E-state index in [2.05, 4.69) is 36.5 Å². The van der Waals surface area contributed by atoms with Crippen LogP contribution in [0.1, 0.15) is 15.2 Å². The number of nitrogens with one attached hydrogen (secondary N) is 1. The van der Waals surface area contributed by atoms with E-state index in [0.717, 1.165) is 42.2 Å². The molecule has 0 atom stereocenters. The van der Waals surface area contributed by atoms with Crippen LogP contribution in [0.5, 0.6) is 0 Å². The summed E-state index contributed by atoms with van der Waals surface area (Å²) in [5.41, 5.74) is 3.41. The van der Waals surface area contributed by atoms with E-state index in [0.29, 0.717) is 0 Å². The van der Waals surface area contributed by atoms with Crippen molar-refractivity contribution in [3.8, 4) is 11.1 Å². The maximum Gasteiger partial charge on any atom is 0.264 e. The molecule has 0 bridgehead atoms. The minimum Gasteiger partial charge on any atom is -0.335 e. The SMILES string of the molecule is Cc1ccc(-c2ccsc2C(=O)N2CCNCC2)cc1.Cl. The van der Waals surface area contributed by atoms with Crippen molar-refractivity contribution in [2.75, 3.05) is 26.2 Å². The number of hydrogen-bond donors (Lipinski definition) is 1. The molecule has 0 radical (unpaired) electrons. The number of piperazine rings is 1. The summed E-state index contributed by atoms with van der Waals surface area (Å²) in [6.45, 7) is 5.44. The van der Waals surface area contributed by atoms with Crippen LogP contribution in [-0.4, -0.2) is 37.0 Å². The summed E-state index contributed by atoms with van der Waals surface area (Å²) in [5, 5.41) is 5.28. The van der Waals surface area contributed by atoms with Gasteiger partial charge in [0, 0.05) is 31.7 Å². The van der Waals surface area contributed by atoms with Gasteiger partial charge in [-0.3, -0.25) is 4.79 Å². The molecule has 1 saturated heterocycles. The van der Waals surface area contributed by atoms with Crippen molar-refractivity contribution in [1.29, 1.82) is 0 Å². The summed E-state index contributed by atoms with van der Waals surface area (Å²) >= 11 is 1.54. The predicted octanol–water partition coefficient (Wildman–Crippen LogP) is 3.19. The Morgan fingerprint density at radius 2 is 1.81 bits per heavy atom. The predicted molar refractivity (Wildman–Crippen MR) is 90.5 cm³/mol. The average Bonchev–Trinajstić information content (AvgIpc) is 2.97. The van der Waals surface area contributed by atoms with Gasteiger partial charge in [0.2, 0.25) is 0 Å². The van der Waals surface area contributed by atoms with E-state index in [-0.39, 0.29) is 18.3 Å². The van der Waals surface area contributed by atoms with Crippen molar-refractivity contribution in [3.63, 3.8) is 0 Å². The molecule has 1 aliphatic heterocycles. The number of hydrogen-bond acceptors (Lipinski definition) is 3. The van der Waals surface area contributed by atoms with E-state index in [4.69, 9.17) is 0 Å². The molecule has 1 N–H and O–H groups in total. The van der Waals surface area contributed by atoms with Gasteiger partial charge in [-0.1, -0.05) is 29.8 Å². The maximum atomic E-state index is 12.6. The van der Waals surface area contributed by atoms with Gasteiger partial charge in [0.1, 0.15) is 0 Å². The largest absolute Gasteiger partial charge is 0.335 e. The highest BCUT2D eigenvalue weighted by molar-refractivity contribution is 7.12. The van der Waals surface area contributed by atoms with Crippen LogP contribution in [0.4, 0.5) is 0 Å². The van der Waals surface area contributed by atoms with Gasteiger partial charge < -0.3 is 10.2 Å². The molecular weight excluding hydrogens is 304 g/mol. The number of rotatable bonds is 2. The first-order chi connectivity index (χ1) is 9.75. The van der Waals surface area contributed by atoms with Gasteiger partial charge in [-0.25, -0.2) is 0 Å². The first-order valence-corrected chi connectivity index (χ1v) is 7.78. The number of carbonyl (C=O) groups excluding carboxylic acids is 1. The molecule has 1 aromatic heterocycles. The summed E-state index contributed by atoms with van der Waals surface area (Å²) in [7, 11) is 0. The van der Waals surface area contributed by atoms with Crippen molar-refractivity contribution in [2.24, 2.45) is 0 Å². The molecule has 2 heterocycles. The van der Waals surface area contributed by atoms with Crippen LogP contribution in [-0.2, 0) is 0 Å². The van der Waals surface area contributed by atoms with Crippen molar-refractivity contribution in [1.82, 2.24) is 10.2 Å². The highest BCUT2D eigenvalue weighted by atomic mass is 35.5. The van der Waals surface area contributed by atoms with Gasteiger partial charge in [-0.2, -0.15) is 0 Å². The van der Waals surface area contributed by atoms with Gasteiger partial charge in [-0.05, 0) is 23.9 Å². The van der Waals surface area contributed by atoms with E-state index in [9.17, 15) is 4.79 Å². The molecule has 0 saturated carbocycles. The Bertz CT molecular complexity index is 603. The quantitative estimate of drug-likeness (QED) is 0.921. The topological polar surface area (TPSA) is 32.3 Å². The third kappa shape index (κ3) is 3.46. The van der Waals surface area contributed by atoms with E-state index in [1.54, 1.807) is 0 Å². The van der Waals surface area contributed by atoms with Crippen LogP contribution in [0.3, 0.4) is 0 Å². The molecule has 3 rings (SSSR count). The summed E-state index contributed by atoms with van der Waals surface area (Å²) < 4.78 is 0. The molecule has 3 nitrogen and oxygen atoms in total. The zero-order valence-corrected chi connectivity index (χ0v) is 13.6. The molecule has 0 aliphatic carbocycles. The molecule has 21 heavy (non-hydrogen) atoms. The van der Waals surface area contributed by atoms with E-state index in [1.165, 1.54) is 16.9 Å². The molecule has 1 amide bonds. The number of nitrogens with zero attached hydrogens (tertiary/aromatic N) is 1. The standard InChI is InChI=1S/C16H18N2OS.ClH/c1-12-2-4-13(5-3-12)14-6-11-20-15(14)16(19)18-9-7-17-8-10-18;/h2-6,11,17H,7-10H2,1H3;1H. The lowest BCUT2D eigenvalue weighted by molar-refractivity contribution is 0.0741. The Kier molecular flexibility index (Phi) is 5.39. The Morgan fingerprint density at radius 3 is 2.48 bits per heavy atom. The number of carbonyl (C=O) groups is 1. The zero-order chi connectivity index (χ0) is 13.9. The van der Waals surface area contributed by atoms with Gasteiger partial charge in [-0.15, -0.1) is 23.7 Å². The number of benzene rings is 1. The fourth-order valence-corrected chi connectivity index (χ4v) is 3.33. The van der Waals surface area contributed by atoms with Crippen molar-refractivity contribution in [2.45, 2.75) is 6.92 Å². The monoisotopic (exact) mass is 322 g/mol. The van der Waals surface area contributed by atoms with Crippen LogP contribution >= 0.6 is 23.7 Å². The lowest BCUT2D eigenvalue weighted by atomic mass is 10.0. The smallest absolute Gasteiger partial charge is 0.264 e. The summed E-state index contributed by atoms with van der Waals surface area (Å²) in [5.74, 6) is 0.164. The van der Waals surface area contributed by atoms with Gasteiger partial charge in [0.05, 0.1) is 4.88 Å². The lowest BCUT2D eigenvalue weighted by Gasteiger charge is -2.27. The van der Waals surface area contributed by atoms with Crippen LogP contribution in [0.2, 0.25) is 0 Å². The van der Waals surface area contributed by atoms with Gasteiger partial charge in [0.15, 0.2) is 0 Å².